The van der Waals surface area contributed by atoms with Gasteiger partial charge >= 0.3 is 0 Å². The molecule has 26 heavy (non-hydrogen) atoms. The number of rotatable bonds is 6. The van der Waals surface area contributed by atoms with E-state index in [-0.39, 0.29) is 0 Å². The van der Waals surface area contributed by atoms with Gasteiger partial charge in [0.25, 0.3) is 0 Å². The Morgan fingerprint density at radius 2 is 1.69 bits per heavy atom. The lowest BCUT2D eigenvalue weighted by Gasteiger charge is -2.26. The molecule has 0 aromatic heterocycles. The first-order chi connectivity index (χ1) is 12.7. The van der Waals surface area contributed by atoms with E-state index in [0.29, 0.717) is 23.8 Å². The van der Waals surface area contributed by atoms with Crippen LogP contribution in [0.15, 0.2) is 42.5 Å². The van der Waals surface area contributed by atoms with E-state index in [1.54, 1.807) is 0 Å². The Morgan fingerprint density at radius 1 is 1.00 bits per heavy atom. The lowest BCUT2D eigenvalue weighted by atomic mass is 9.79. The average Bonchev–Trinajstić information content (AvgIpc) is 2.69. The highest BCUT2D eigenvalue weighted by molar-refractivity contribution is 5.67. The maximum absolute atomic E-state index is 9.45. The maximum atomic E-state index is 9.45. The molecule has 3 rings (SSSR count). The monoisotopic (exact) mass is 347 g/mol. The standard InChI is InChI=1S/C24H29NO/c1-3-4-15-26-24-14-13-22(16-23(24)17-25)21-11-9-20(10-12-21)19-7-5-18(2)6-8-19/h9-14,16,18-19H,3-8,15H2,1-2H3/t18-,19-. The molecular formula is C24H29NO. The molecule has 0 N–H and O–H groups in total. The summed E-state index contributed by atoms with van der Waals surface area (Å²) in [4.78, 5) is 0. The van der Waals surface area contributed by atoms with Crippen LogP contribution >= 0.6 is 0 Å². The van der Waals surface area contributed by atoms with Crippen LogP contribution in [0.1, 0.15) is 69.4 Å². The van der Waals surface area contributed by atoms with Gasteiger partial charge in [0.2, 0.25) is 0 Å². The summed E-state index contributed by atoms with van der Waals surface area (Å²) in [6, 6.07) is 17.1. The minimum absolute atomic E-state index is 0.615. The van der Waals surface area contributed by atoms with Crippen molar-refractivity contribution in [1.82, 2.24) is 0 Å². The summed E-state index contributed by atoms with van der Waals surface area (Å²) in [5, 5.41) is 9.45. The average molecular weight is 348 g/mol. The molecule has 0 aliphatic heterocycles. The molecule has 0 bridgehead atoms. The van der Waals surface area contributed by atoms with Crippen LogP contribution in [0, 0.1) is 17.2 Å². The van der Waals surface area contributed by atoms with Crippen LogP contribution in [0.2, 0.25) is 0 Å². The van der Waals surface area contributed by atoms with Crippen molar-refractivity contribution in [3.8, 4) is 22.9 Å². The highest BCUT2D eigenvalue weighted by Gasteiger charge is 2.19. The number of ether oxygens (including phenoxy) is 1. The van der Waals surface area contributed by atoms with Crippen molar-refractivity contribution in [3.05, 3.63) is 53.6 Å². The zero-order valence-corrected chi connectivity index (χ0v) is 16.0. The van der Waals surface area contributed by atoms with Crippen LogP contribution in [0.4, 0.5) is 0 Å². The smallest absolute Gasteiger partial charge is 0.137 e. The highest BCUT2D eigenvalue weighted by atomic mass is 16.5. The number of benzene rings is 2. The van der Waals surface area contributed by atoms with Gasteiger partial charge in [-0.3, -0.25) is 0 Å². The van der Waals surface area contributed by atoms with E-state index in [1.165, 1.54) is 31.2 Å². The van der Waals surface area contributed by atoms with Gasteiger partial charge in [-0.05, 0) is 59.9 Å². The van der Waals surface area contributed by atoms with Crippen LogP contribution in [-0.2, 0) is 0 Å². The van der Waals surface area contributed by atoms with Crippen LogP contribution < -0.4 is 4.74 Å². The summed E-state index contributed by atoms with van der Waals surface area (Å²) in [6.07, 6.45) is 7.40. The largest absolute Gasteiger partial charge is 0.492 e. The fourth-order valence-corrected chi connectivity index (χ4v) is 3.79. The molecule has 0 unspecified atom stereocenters. The molecule has 0 amide bonds. The molecule has 0 atom stereocenters. The van der Waals surface area contributed by atoms with E-state index in [0.717, 1.165) is 29.9 Å². The van der Waals surface area contributed by atoms with E-state index < -0.39 is 0 Å². The van der Waals surface area contributed by atoms with E-state index >= 15 is 0 Å². The topological polar surface area (TPSA) is 33.0 Å². The highest BCUT2D eigenvalue weighted by Crippen LogP contribution is 2.36. The summed E-state index contributed by atoms with van der Waals surface area (Å²) in [5.74, 6) is 2.29. The normalized spacial score (nSPS) is 19.7. The Hall–Kier alpha value is -2.27. The van der Waals surface area contributed by atoms with Crippen molar-refractivity contribution in [2.24, 2.45) is 5.92 Å². The summed E-state index contributed by atoms with van der Waals surface area (Å²) in [7, 11) is 0. The summed E-state index contributed by atoms with van der Waals surface area (Å²) in [5.41, 5.74) is 4.31. The molecule has 2 aromatic carbocycles. The van der Waals surface area contributed by atoms with Crippen molar-refractivity contribution in [3.63, 3.8) is 0 Å². The number of nitriles is 1. The second-order valence-electron chi connectivity index (χ2n) is 7.60. The third kappa shape index (κ3) is 4.47. The second-order valence-corrected chi connectivity index (χ2v) is 7.60. The molecular weight excluding hydrogens is 318 g/mol. The molecule has 0 saturated heterocycles. The first-order valence-corrected chi connectivity index (χ1v) is 9.98. The summed E-state index contributed by atoms with van der Waals surface area (Å²) < 4.78 is 5.74. The Bertz CT molecular complexity index is 749. The fourth-order valence-electron chi connectivity index (χ4n) is 3.79. The van der Waals surface area contributed by atoms with Gasteiger partial charge in [-0.25, -0.2) is 0 Å². The van der Waals surface area contributed by atoms with Gasteiger partial charge in [-0.2, -0.15) is 5.26 Å². The molecule has 1 saturated carbocycles. The summed E-state index contributed by atoms with van der Waals surface area (Å²) in [6.45, 7) is 5.16. The molecule has 1 aliphatic carbocycles. The molecule has 2 nitrogen and oxygen atoms in total. The summed E-state index contributed by atoms with van der Waals surface area (Å²) >= 11 is 0. The van der Waals surface area contributed by atoms with Crippen LogP contribution in [0.25, 0.3) is 11.1 Å². The Balaban J connectivity index is 1.73. The molecule has 0 spiro atoms. The van der Waals surface area contributed by atoms with E-state index in [4.69, 9.17) is 4.74 Å². The minimum atomic E-state index is 0.615. The van der Waals surface area contributed by atoms with Gasteiger partial charge in [0.05, 0.1) is 12.2 Å². The van der Waals surface area contributed by atoms with Gasteiger partial charge in [0.1, 0.15) is 11.8 Å². The van der Waals surface area contributed by atoms with Gasteiger partial charge in [-0.15, -0.1) is 0 Å². The third-order valence-electron chi connectivity index (χ3n) is 5.59. The number of unbranched alkanes of at least 4 members (excludes halogenated alkanes) is 1. The predicted molar refractivity (Wildman–Crippen MR) is 107 cm³/mol. The van der Waals surface area contributed by atoms with E-state index in [9.17, 15) is 5.26 Å². The Morgan fingerprint density at radius 3 is 2.35 bits per heavy atom. The molecule has 1 fully saturated rings. The van der Waals surface area contributed by atoms with E-state index in [1.807, 2.05) is 12.1 Å². The molecule has 2 heteroatoms. The molecule has 2 aromatic rings. The Kier molecular flexibility index (Phi) is 6.34. The van der Waals surface area contributed by atoms with E-state index in [2.05, 4.69) is 50.2 Å². The Labute approximate surface area is 157 Å². The van der Waals surface area contributed by atoms with Crippen molar-refractivity contribution < 1.29 is 4.74 Å². The predicted octanol–water partition coefficient (Wildman–Crippen LogP) is 6.70. The van der Waals surface area contributed by atoms with Crippen LogP contribution in [0.5, 0.6) is 5.75 Å². The SMILES string of the molecule is CCCCOc1ccc(-c2ccc([C@H]3CC[C@H](C)CC3)cc2)cc1C#N. The zero-order chi connectivity index (χ0) is 18.4. The van der Waals surface area contributed by atoms with Gasteiger partial charge in [0.15, 0.2) is 0 Å². The molecule has 0 radical (unpaired) electrons. The quantitative estimate of drug-likeness (QED) is 0.545. The fraction of sp³-hybridized carbons (Fsp3) is 0.458. The van der Waals surface area contributed by atoms with Gasteiger partial charge in [0, 0.05) is 0 Å². The van der Waals surface area contributed by atoms with Gasteiger partial charge < -0.3 is 4.74 Å². The van der Waals surface area contributed by atoms with Crippen molar-refractivity contribution in [1.29, 1.82) is 5.26 Å². The molecule has 136 valence electrons. The minimum Gasteiger partial charge on any atom is -0.492 e. The lowest BCUT2D eigenvalue weighted by molar-refractivity contribution is 0.308. The second kappa shape index (κ2) is 8.90. The number of hydrogen-bond acceptors (Lipinski definition) is 2. The van der Waals surface area contributed by atoms with Crippen molar-refractivity contribution in [2.45, 2.75) is 58.3 Å². The third-order valence-corrected chi connectivity index (χ3v) is 5.59. The zero-order valence-electron chi connectivity index (χ0n) is 16.0. The molecule has 1 aliphatic rings. The lowest BCUT2D eigenvalue weighted by Crippen LogP contribution is -2.10. The van der Waals surface area contributed by atoms with Crippen LogP contribution in [-0.4, -0.2) is 6.61 Å². The number of nitrogens with zero attached hydrogens (tertiary/aromatic N) is 1. The maximum Gasteiger partial charge on any atom is 0.137 e. The van der Waals surface area contributed by atoms with Crippen LogP contribution in [0.3, 0.4) is 0 Å². The molecule has 0 heterocycles. The number of hydrogen-bond donors (Lipinski definition) is 0. The first-order valence-electron chi connectivity index (χ1n) is 9.98. The first kappa shape index (κ1) is 18.5. The van der Waals surface area contributed by atoms with Crippen molar-refractivity contribution >= 4 is 0 Å². The van der Waals surface area contributed by atoms with Crippen molar-refractivity contribution in [2.75, 3.05) is 6.61 Å². The van der Waals surface area contributed by atoms with Gasteiger partial charge in [-0.1, -0.05) is 63.4 Å².